The summed E-state index contributed by atoms with van der Waals surface area (Å²) in [5.41, 5.74) is 1.63. The highest BCUT2D eigenvalue weighted by atomic mass is 14.0. The summed E-state index contributed by atoms with van der Waals surface area (Å²) in [4.78, 5) is 0. The zero-order valence-corrected chi connectivity index (χ0v) is 10.7. The molecule has 0 unspecified atom stereocenters. The number of unbranched alkanes of at least 4 members (excludes halogenated alkanes) is 6. The summed E-state index contributed by atoms with van der Waals surface area (Å²) < 4.78 is 0. The van der Waals surface area contributed by atoms with E-state index in [2.05, 4.69) is 26.5 Å². The van der Waals surface area contributed by atoms with Crippen LogP contribution in [0.5, 0.6) is 0 Å². The average Bonchev–Trinajstić information content (AvgIpc) is 2.27. The van der Waals surface area contributed by atoms with E-state index in [1.54, 1.807) is 5.57 Å². The smallest absolute Gasteiger partial charge is 0.0321 e. The Bertz CT molecular complexity index is 165. The Morgan fingerprint density at radius 1 is 1.00 bits per heavy atom. The number of rotatable bonds is 10. The second-order valence-corrected chi connectivity index (χ2v) is 4.25. The topological polar surface area (TPSA) is 0 Å². The molecule has 88 valence electrons. The molecule has 0 rings (SSSR count). The first kappa shape index (κ1) is 14.5. The SMILES string of the molecule is C=CCCCCCCCC/C(=C/C)CC. The van der Waals surface area contributed by atoms with E-state index in [9.17, 15) is 0 Å². The summed E-state index contributed by atoms with van der Waals surface area (Å²) in [7, 11) is 0. The largest absolute Gasteiger partial charge is 0.103 e. The van der Waals surface area contributed by atoms with Gasteiger partial charge in [-0.1, -0.05) is 50.3 Å². The number of hydrogen-bond donors (Lipinski definition) is 0. The fourth-order valence-corrected chi connectivity index (χ4v) is 1.87. The third-order valence-electron chi connectivity index (χ3n) is 3.02. The molecular formula is C15H28. The Kier molecular flexibility index (Phi) is 11.2. The molecule has 15 heavy (non-hydrogen) atoms. The van der Waals surface area contributed by atoms with Crippen LogP contribution in [-0.2, 0) is 0 Å². The summed E-state index contributed by atoms with van der Waals surface area (Å²) in [6.45, 7) is 8.16. The van der Waals surface area contributed by atoms with Crippen LogP contribution in [0.25, 0.3) is 0 Å². The van der Waals surface area contributed by atoms with Crippen molar-refractivity contribution in [2.75, 3.05) is 0 Å². The van der Waals surface area contributed by atoms with Crippen LogP contribution in [0.4, 0.5) is 0 Å². The van der Waals surface area contributed by atoms with E-state index in [4.69, 9.17) is 0 Å². The summed E-state index contributed by atoms with van der Waals surface area (Å²) in [5.74, 6) is 0. The first-order chi connectivity index (χ1) is 7.35. The molecule has 0 fully saturated rings. The summed E-state index contributed by atoms with van der Waals surface area (Å²) in [5, 5.41) is 0. The Hall–Kier alpha value is -0.520. The minimum Gasteiger partial charge on any atom is -0.103 e. The fourth-order valence-electron chi connectivity index (χ4n) is 1.87. The van der Waals surface area contributed by atoms with Crippen molar-refractivity contribution in [3.05, 3.63) is 24.3 Å². The lowest BCUT2D eigenvalue weighted by atomic mass is 10.0. The monoisotopic (exact) mass is 208 g/mol. The standard InChI is InChI=1S/C15H28/c1-4-7-8-9-10-11-12-13-14-15(5-2)6-3/h4-5H,1,6-14H2,2-3H3/b15-5+. The van der Waals surface area contributed by atoms with Gasteiger partial charge in [0, 0.05) is 0 Å². The molecule has 0 aliphatic rings. The summed E-state index contributed by atoms with van der Waals surface area (Å²) >= 11 is 0. The molecule has 0 atom stereocenters. The highest BCUT2D eigenvalue weighted by molar-refractivity contribution is 4.98. The van der Waals surface area contributed by atoms with E-state index in [0.717, 1.165) is 0 Å². The van der Waals surface area contributed by atoms with E-state index >= 15 is 0 Å². The summed E-state index contributed by atoms with van der Waals surface area (Å²) in [6.07, 6.45) is 16.4. The van der Waals surface area contributed by atoms with Gasteiger partial charge in [-0.3, -0.25) is 0 Å². The van der Waals surface area contributed by atoms with E-state index in [1.165, 1.54) is 57.8 Å². The minimum atomic E-state index is 1.19. The molecule has 0 heterocycles. The van der Waals surface area contributed by atoms with Crippen LogP contribution in [0.15, 0.2) is 24.3 Å². The van der Waals surface area contributed by atoms with Gasteiger partial charge in [0.1, 0.15) is 0 Å². The van der Waals surface area contributed by atoms with Crippen LogP contribution in [0.1, 0.15) is 71.6 Å². The van der Waals surface area contributed by atoms with Gasteiger partial charge in [0.2, 0.25) is 0 Å². The van der Waals surface area contributed by atoms with Crippen molar-refractivity contribution in [1.29, 1.82) is 0 Å². The fraction of sp³-hybridized carbons (Fsp3) is 0.733. The first-order valence-corrected chi connectivity index (χ1v) is 6.60. The zero-order chi connectivity index (χ0) is 11.4. The highest BCUT2D eigenvalue weighted by Gasteiger charge is 1.94. The van der Waals surface area contributed by atoms with Crippen LogP contribution >= 0.6 is 0 Å². The molecule has 0 aromatic carbocycles. The van der Waals surface area contributed by atoms with Gasteiger partial charge in [-0.15, -0.1) is 6.58 Å². The predicted octanol–water partition coefficient (Wildman–Crippen LogP) is 5.65. The maximum absolute atomic E-state index is 3.74. The lowest BCUT2D eigenvalue weighted by Gasteiger charge is -2.03. The van der Waals surface area contributed by atoms with Crippen LogP contribution in [0.2, 0.25) is 0 Å². The Morgan fingerprint density at radius 2 is 1.60 bits per heavy atom. The maximum atomic E-state index is 3.74. The third kappa shape index (κ3) is 9.78. The molecule has 0 saturated carbocycles. The molecule has 0 aromatic rings. The first-order valence-electron chi connectivity index (χ1n) is 6.60. The average molecular weight is 208 g/mol. The van der Waals surface area contributed by atoms with Gasteiger partial charge in [0.05, 0.1) is 0 Å². The van der Waals surface area contributed by atoms with Gasteiger partial charge in [0.25, 0.3) is 0 Å². The molecule has 0 amide bonds. The Morgan fingerprint density at radius 3 is 2.13 bits per heavy atom. The van der Waals surface area contributed by atoms with Crippen molar-refractivity contribution in [2.24, 2.45) is 0 Å². The van der Waals surface area contributed by atoms with Crippen molar-refractivity contribution in [2.45, 2.75) is 71.6 Å². The lowest BCUT2D eigenvalue weighted by Crippen LogP contribution is -1.83. The Balaban J connectivity index is 3.14. The third-order valence-corrected chi connectivity index (χ3v) is 3.02. The molecule has 0 heteroatoms. The Labute approximate surface area is 96.5 Å². The van der Waals surface area contributed by atoms with Crippen LogP contribution in [0, 0.1) is 0 Å². The van der Waals surface area contributed by atoms with Gasteiger partial charge in [0.15, 0.2) is 0 Å². The second kappa shape index (κ2) is 11.6. The molecule has 0 saturated heterocycles. The molecule has 0 nitrogen and oxygen atoms in total. The predicted molar refractivity (Wildman–Crippen MR) is 71.2 cm³/mol. The van der Waals surface area contributed by atoms with Crippen molar-refractivity contribution in [3.8, 4) is 0 Å². The van der Waals surface area contributed by atoms with Crippen molar-refractivity contribution in [3.63, 3.8) is 0 Å². The second-order valence-electron chi connectivity index (χ2n) is 4.25. The highest BCUT2D eigenvalue weighted by Crippen LogP contribution is 2.14. The molecule has 0 aliphatic heterocycles. The molecule has 0 aromatic heterocycles. The van der Waals surface area contributed by atoms with Crippen molar-refractivity contribution < 1.29 is 0 Å². The van der Waals surface area contributed by atoms with E-state index in [1.807, 2.05) is 6.08 Å². The zero-order valence-electron chi connectivity index (χ0n) is 10.7. The minimum absolute atomic E-state index is 1.19. The molecule has 0 aliphatic carbocycles. The molecule has 0 N–H and O–H groups in total. The summed E-state index contributed by atoms with van der Waals surface area (Å²) in [6, 6.07) is 0. The van der Waals surface area contributed by atoms with E-state index in [0.29, 0.717) is 0 Å². The normalized spacial score (nSPS) is 11.7. The van der Waals surface area contributed by atoms with Gasteiger partial charge in [-0.05, 0) is 39.0 Å². The maximum Gasteiger partial charge on any atom is -0.0321 e. The number of allylic oxidation sites excluding steroid dienone is 3. The van der Waals surface area contributed by atoms with Crippen molar-refractivity contribution in [1.82, 2.24) is 0 Å². The van der Waals surface area contributed by atoms with Gasteiger partial charge < -0.3 is 0 Å². The molecule has 0 bridgehead atoms. The molecular weight excluding hydrogens is 180 g/mol. The van der Waals surface area contributed by atoms with E-state index in [-0.39, 0.29) is 0 Å². The van der Waals surface area contributed by atoms with Crippen LogP contribution in [0.3, 0.4) is 0 Å². The lowest BCUT2D eigenvalue weighted by molar-refractivity contribution is 0.593. The van der Waals surface area contributed by atoms with Gasteiger partial charge in [-0.25, -0.2) is 0 Å². The van der Waals surface area contributed by atoms with E-state index < -0.39 is 0 Å². The van der Waals surface area contributed by atoms with Gasteiger partial charge in [-0.2, -0.15) is 0 Å². The number of hydrogen-bond acceptors (Lipinski definition) is 0. The quantitative estimate of drug-likeness (QED) is 0.321. The molecule has 0 spiro atoms. The molecule has 0 radical (unpaired) electrons. The van der Waals surface area contributed by atoms with Crippen molar-refractivity contribution >= 4 is 0 Å². The van der Waals surface area contributed by atoms with Crippen LogP contribution < -0.4 is 0 Å². The van der Waals surface area contributed by atoms with Gasteiger partial charge >= 0.3 is 0 Å². The van der Waals surface area contributed by atoms with Crippen LogP contribution in [-0.4, -0.2) is 0 Å².